The summed E-state index contributed by atoms with van der Waals surface area (Å²) in [7, 11) is -14.9. The first kappa shape index (κ1) is 78.9. The highest BCUT2D eigenvalue weighted by molar-refractivity contribution is 6.95. The smallest absolute Gasteiger partial charge is 0.320 e. The molecule has 0 unspecified atom stereocenters. The molecule has 1 aliphatic rings. The lowest BCUT2D eigenvalue weighted by Gasteiger charge is -2.54. The fraction of sp³-hybridized carbons (Fsp3) is 1.00. The van der Waals surface area contributed by atoms with Crippen molar-refractivity contribution in [2.24, 2.45) is 0 Å². The average molecular weight is 1210 g/mol. The van der Waals surface area contributed by atoms with Gasteiger partial charge in [0.15, 0.2) is 0 Å². The Kier molecular flexibility index (Phi) is 53.3. The van der Waals surface area contributed by atoms with Crippen LogP contribution in [0.3, 0.4) is 0 Å². The van der Waals surface area contributed by atoms with Crippen LogP contribution >= 0.6 is 0 Å². The molecule has 0 aromatic heterocycles. The quantitative estimate of drug-likeness (QED) is 0.0449. The molecule has 0 atom stereocenters. The van der Waals surface area contributed by atoms with E-state index in [0.29, 0.717) is 0 Å². The van der Waals surface area contributed by atoms with E-state index in [0.717, 1.165) is 60.4 Å². The Morgan fingerprint density at radius 2 is 0.212 bits per heavy atom. The lowest BCUT2D eigenvalue weighted by atomic mass is 10.2. The van der Waals surface area contributed by atoms with Crippen LogP contribution < -0.4 is 0 Å². The third-order valence-corrected chi connectivity index (χ3v) is 44.5. The maximum absolute atomic E-state index is 9.00. The van der Waals surface area contributed by atoms with Gasteiger partial charge in [0.1, 0.15) is 0 Å². The molecule has 0 saturated carbocycles. The first-order valence-electron chi connectivity index (χ1n) is 37.6. The third kappa shape index (κ3) is 38.9. The van der Waals surface area contributed by atoms with Gasteiger partial charge in [-0.15, -0.1) is 0 Å². The summed E-state index contributed by atoms with van der Waals surface area (Å²) in [5.41, 5.74) is 0. The Bertz CT molecular complexity index is 981. The van der Waals surface area contributed by atoms with Gasteiger partial charge in [-0.1, -0.05) is 390 Å². The molecular formula is C70H150O5Si5. The SMILES string of the molecule is CCCCCCC[Si]1(CCCCCCC)O[Si](CCCCCCC)(CCCCCCC)O[Si](CCCCCCC)(CCCCCCC)O[Si](CCCCCCC)(CCCCCCC)O[Si](CCCCCCC)(CCCCCCC)O1. The minimum absolute atomic E-state index is 1.16. The molecule has 5 nitrogen and oxygen atoms in total. The highest BCUT2D eigenvalue weighted by Gasteiger charge is 2.61. The van der Waals surface area contributed by atoms with Crippen molar-refractivity contribution in [3.05, 3.63) is 0 Å². The zero-order valence-corrected chi connectivity index (χ0v) is 62.0. The van der Waals surface area contributed by atoms with Gasteiger partial charge in [0.05, 0.1) is 0 Å². The monoisotopic (exact) mass is 1210 g/mol. The van der Waals surface area contributed by atoms with Crippen LogP contribution in [0.5, 0.6) is 0 Å². The Balaban J connectivity index is 4.91. The second-order valence-electron chi connectivity index (χ2n) is 26.7. The fourth-order valence-corrected chi connectivity index (χ4v) is 47.0. The first-order valence-corrected chi connectivity index (χ1v) is 48.8. The van der Waals surface area contributed by atoms with E-state index in [1.165, 1.54) is 321 Å². The topological polar surface area (TPSA) is 46.2 Å². The molecule has 0 radical (unpaired) electrons. The van der Waals surface area contributed by atoms with Crippen LogP contribution in [-0.4, -0.2) is 42.8 Å². The van der Waals surface area contributed by atoms with Gasteiger partial charge in [0.25, 0.3) is 0 Å². The van der Waals surface area contributed by atoms with Gasteiger partial charge >= 0.3 is 42.8 Å². The molecular weight excluding hydrogens is 1060 g/mol. The molecule has 1 heterocycles. The molecule has 480 valence electrons. The number of unbranched alkanes of at least 4 members (excludes halogenated alkanes) is 40. The summed E-state index contributed by atoms with van der Waals surface area (Å²) in [6, 6.07) is 11.6. The van der Waals surface area contributed by atoms with Gasteiger partial charge in [-0.05, 0) is 60.4 Å². The largest absolute Gasteiger partial charge is 0.415 e. The first-order chi connectivity index (χ1) is 39.1. The molecule has 0 aromatic carbocycles. The van der Waals surface area contributed by atoms with Crippen molar-refractivity contribution in [3.63, 3.8) is 0 Å². The molecule has 0 bridgehead atoms. The molecule has 0 N–H and O–H groups in total. The van der Waals surface area contributed by atoms with Gasteiger partial charge in [-0.3, -0.25) is 0 Å². The molecule has 1 saturated heterocycles. The lowest BCUT2D eigenvalue weighted by Crippen LogP contribution is -2.70. The molecule has 0 aromatic rings. The van der Waals surface area contributed by atoms with Gasteiger partial charge in [-0.25, -0.2) is 0 Å². The van der Waals surface area contributed by atoms with Crippen molar-refractivity contribution in [2.75, 3.05) is 0 Å². The highest BCUT2D eigenvalue weighted by atomic mass is 28.5. The summed E-state index contributed by atoms with van der Waals surface area (Å²) in [6.07, 6.45) is 65.3. The maximum atomic E-state index is 9.00. The predicted octanol–water partition coefficient (Wildman–Crippen LogP) is 27.0. The fourth-order valence-electron chi connectivity index (χ4n) is 13.4. The van der Waals surface area contributed by atoms with Gasteiger partial charge in [-0.2, -0.15) is 0 Å². The molecule has 10 heteroatoms. The minimum Gasteiger partial charge on any atom is -0.415 e. The van der Waals surface area contributed by atoms with Crippen molar-refractivity contribution in [2.45, 2.75) is 451 Å². The Morgan fingerprint density at radius 1 is 0.125 bits per heavy atom. The normalized spacial score (nSPS) is 16.9. The molecule has 0 aliphatic carbocycles. The molecule has 1 aliphatic heterocycles. The zero-order valence-electron chi connectivity index (χ0n) is 57.0. The summed E-state index contributed by atoms with van der Waals surface area (Å²) in [5.74, 6) is 0. The van der Waals surface area contributed by atoms with Crippen molar-refractivity contribution in [1.29, 1.82) is 0 Å². The van der Waals surface area contributed by atoms with Crippen LogP contribution in [0.25, 0.3) is 0 Å². The second-order valence-corrected chi connectivity index (χ2v) is 44.9. The summed E-state index contributed by atoms with van der Waals surface area (Å²) in [4.78, 5) is 0. The van der Waals surface area contributed by atoms with Crippen LogP contribution in [0.1, 0.15) is 390 Å². The summed E-state index contributed by atoms with van der Waals surface area (Å²) in [6.45, 7) is 24.0. The third-order valence-electron chi connectivity index (χ3n) is 18.5. The van der Waals surface area contributed by atoms with Gasteiger partial charge < -0.3 is 20.6 Å². The van der Waals surface area contributed by atoms with E-state index in [4.69, 9.17) is 20.6 Å². The Hall–Kier alpha value is 0.884. The summed E-state index contributed by atoms with van der Waals surface area (Å²) >= 11 is 0. The molecule has 1 rings (SSSR count). The molecule has 0 amide bonds. The Morgan fingerprint density at radius 3 is 0.300 bits per heavy atom. The van der Waals surface area contributed by atoms with E-state index >= 15 is 0 Å². The highest BCUT2D eigenvalue weighted by Crippen LogP contribution is 2.48. The summed E-state index contributed by atoms with van der Waals surface area (Å²) in [5, 5.41) is 0. The van der Waals surface area contributed by atoms with Gasteiger partial charge in [0, 0.05) is 0 Å². The number of hydrogen-bond acceptors (Lipinski definition) is 5. The molecule has 1 fully saturated rings. The van der Waals surface area contributed by atoms with Crippen LogP contribution in [0.15, 0.2) is 0 Å². The second kappa shape index (κ2) is 54.1. The maximum Gasteiger partial charge on any atom is 0.320 e. The van der Waals surface area contributed by atoms with Crippen molar-refractivity contribution in [3.8, 4) is 0 Å². The minimum atomic E-state index is -2.97. The van der Waals surface area contributed by atoms with E-state index in [9.17, 15) is 0 Å². The lowest BCUT2D eigenvalue weighted by molar-refractivity contribution is 0.202. The van der Waals surface area contributed by atoms with Crippen molar-refractivity contribution in [1.82, 2.24) is 0 Å². The van der Waals surface area contributed by atoms with E-state index in [2.05, 4.69) is 69.2 Å². The van der Waals surface area contributed by atoms with Gasteiger partial charge in [0.2, 0.25) is 0 Å². The summed E-state index contributed by atoms with van der Waals surface area (Å²) < 4.78 is 45.0. The zero-order chi connectivity index (χ0) is 58.5. The van der Waals surface area contributed by atoms with E-state index in [1.54, 1.807) is 0 Å². The molecule has 0 spiro atoms. The number of hydrogen-bond donors (Lipinski definition) is 0. The predicted molar refractivity (Wildman–Crippen MR) is 370 cm³/mol. The van der Waals surface area contributed by atoms with Crippen molar-refractivity contribution < 1.29 is 20.6 Å². The number of rotatable bonds is 60. The van der Waals surface area contributed by atoms with E-state index < -0.39 is 42.8 Å². The Labute approximate surface area is 511 Å². The van der Waals surface area contributed by atoms with Crippen LogP contribution in [0, 0.1) is 0 Å². The average Bonchev–Trinajstić information content (AvgIpc) is 3.44. The van der Waals surface area contributed by atoms with Crippen LogP contribution in [-0.2, 0) is 20.6 Å². The standard InChI is InChI=1S/C70H150O5Si5/c1-11-21-31-41-51-61-76(62-52-42-32-22-12-2)71-77(63-53-43-33-23-13-3,64-54-44-34-24-14-4)73-79(67-57-47-37-27-17-7,68-58-48-38-28-18-8)75-80(69-59-49-39-29-19-9,70-60-50-40-30-20-10)74-78(72-76,65-55-45-35-25-15-5)66-56-46-36-26-16-6/h11-70H2,1-10H3. The van der Waals surface area contributed by atoms with Crippen LogP contribution in [0.4, 0.5) is 0 Å². The van der Waals surface area contributed by atoms with Crippen LogP contribution in [0.2, 0.25) is 60.4 Å². The molecule has 80 heavy (non-hydrogen) atoms. The van der Waals surface area contributed by atoms with Crippen molar-refractivity contribution >= 4 is 42.8 Å². The van der Waals surface area contributed by atoms with E-state index in [-0.39, 0.29) is 0 Å². The van der Waals surface area contributed by atoms with E-state index in [1.807, 2.05) is 0 Å².